The lowest BCUT2D eigenvalue weighted by atomic mass is 9.84. The van der Waals surface area contributed by atoms with E-state index >= 15 is 0 Å². The minimum atomic E-state index is -1.68. The summed E-state index contributed by atoms with van der Waals surface area (Å²) in [6.45, 7) is 1.85. The number of urea groups is 1. The van der Waals surface area contributed by atoms with E-state index in [9.17, 15) is 19.5 Å². The van der Waals surface area contributed by atoms with E-state index in [1.54, 1.807) is 29.2 Å². The predicted octanol–water partition coefficient (Wildman–Crippen LogP) is 7.05. The average molecular weight is 620 g/mol. The topological polar surface area (TPSA) is 119 Å². The van der Waals surface area contributed by atoms with Crippen LogP contribution in [0.2, 0.25) is 0 Å². The largest absolute Gasteiger partial charge is 0.479 e. The molecule has 4 aromatic rings. The fourth-order valence-electron chi connectivity index (χ4n) is 6.06. The summed E-state index contributed by atoms with van der Waals surface area (Å²) < 4.78 is 0. The molecule has 1 aliphatic carbocycles. The minimum Gasteiger partial charge on any atom is -0.479 e. The fourth-order valence-corrected chi connectivity index (χ4v) is 6.06. The number of aliphatic carboxylic acids is 1. The Bertz CT molecular complexity index is 1620. The van der Waals surface area contributed by atoms with Gasteiger partial charge < -0.3 is 20.8 Å². The van der Waals surface area contributed by atoms with Crippen molar-refractivity contribution in [2.24, 2.45) is 0 Å². The van der Waals surface area contributed by atoms with E-state index in [1.165, 1.54) is 37.7 Å². The van der Waals surface area contributed by atoms with E-state index in [0.29, 0.717) is 11.5 Å². The fraction of sp³-hybridized carbons (Fsp3) is 0.289. The minimum absolute atomic E-state index is 0.245. The number of carboxylic acids is 1. The molecule has 8 heteroatoms. The van der Waals surface area contributed by atoms with Crippen molar-refractivity contribution in [1.82, 2.24) is 10.6 Å². The van der Waals surface area contributed by atoms with Crippen molar-refractivity contribution in [2.75, 3.05) is 11.4 Å². The first-order valence-electron chi connectivity index (χ1n) is 15.9. The lowest BCUT2D eigenvalue weighted by molar-refractivity contribution is -0.146. The molecule has 2 atom stereocenters. The molecule has 1 aliphatic rings. The highest BCUT2D eigenvalue weighted by molar-refractivity contribution is 5.95. The van der Waals surface area contributed by atoms with Crippen molar-refractivity contribution in [3.05, 3.63) is 125 Å². The Hall–Kier alpha value is -4.95. The molecule has 1 unspecified atom stereocenters. The van der Waals surface area contributed by atoms with E-state index in [4.69, 9.17) is 5.11 Å². The zero-order valence-electron chi connectivity index (χ0n) is 26.1. The third kappa shape index (κ3) is 8.20. The summed E-state index contributed by atoms with van der Waals surface area (Å²) in [5.41, 5.74) is 6.35. The summed E-state index contributed by atoms with van der Waals surface area (Å²) in [7, 11) is 0. The second kappa shape index (κ2) is 15.4. The molecule has 5 rings (SSSR count). The Kier molecular flexibility index (Phi) is 10.8. The number of nitrogens with one attached hydrogen (secondary N) is 2. The predicted molar refractivity (Wildman–Crippen MR) is 180 cm³/mol. The van der Waals surface area contributed by atoms with Crippen molar-refractivity contribution < 1.29 is 24.6 Å². The van der Waals surface area contributed by atoms with E-state index in [0.717, 1.165) is 27.9 Å². The van der Waals surface area contributed by atoms with Crippen molar-refractivity contribution in [3.8, 4) is 11.1 Å². The molecule has 46 heavy (non-hydrogen) atoms. The van der Waals surface area contributed by atoms with E-state index in [1.807, 2.05) is 55.5 Å². The van der Waals surface area contributed by atoms with Crippen LogP contribution in [-0.4, -0.2) is 40.8 Å². The average Bonchev–Trinajstić information content (AvgIpc) is 3.10. The van der Waals surface area contributed by atoms with Crippen LogP contribution in [-0.2, 0) is 11.3 Å². The van der Waals surface area contributed by atoms with Crippen LogP contribution >= 0.6 is 0 Å². The molecular formula is C38H41N3O5. The summed E-state index contributed by atoms with van der Waals surface area (Å²) in [6.07, 6.45) is 4.49. The number of aliphatic hydroxyl groups excluding tert-OH is 1. The second-order valence-electron chi connectivity index (χ2n) is 11.9. The first-order chi connectivity index (χ1) is 22.3. The van der Waals surface area contributed by atoms with E-state index in [-0.39, 0.29) is 18.6 Å². The molecule has 8 nitrogen and oxygen atoms in total. The number of hydrogen-bond donors (Lipinski definition) is 4. The molecule has 0 aliphatic heterocycles. The molecule has 238 valence electrons. The van der Waals surface area contributed by atoms with Crippen molar-refractivity contribution in [3.63, 3.8) is 0 Å². The van der Waals surface area contributed by atoms with Crippen LogP contribution in [0.3, 0.4) is 0 Å². The van der Waals surface area contributed by atoms with Gasteiger partial charge >= 0.3 is 12.0 Å². The van der Waals surface area contributed by atoms with Crippen LogP contribution in [0.4, 0.5) is 10.5 Å². The van der Waals surface area contributed by atoms with Crippen LogP contribution in [0.15, 0.2) is 103 Å². The van der Waals surface area contributed by atoms with Gasteiger partial charge in [-0.2, -0.15) is 0 Å². The Labute approximate surface area is 270 Å². The summed E-state index contributed by atoms with van der Waals surface area (Å²) in [6, 6.07) is 32.8. The van der Waals surface area contributed by atoms with Gasteiger partial charge in [0.05, 0.1) is 19.1 Å². The lowest BCUT2D eigenvalue weighted by Crippen LogP contribution is -2.41. The number of anilines is 1. The summed E-state index contributed by atoms with van der Waals surface area (Å²) in [5, 5.41) is 24.0. The molecule has 4 aromatic carbocycles. The number of benzene rings is 4. The molecule has 3 amide bonds. The quantitative estimate of drug-likeness (QED) is 0.143. The van der Waals surface area contributed by atoms with Crippen LogP contribution in [0.5, 0.6) is 0 Å². The number of hydrogen-bond acceptors (Lipinski definition) is 4. The van der Waals surface area contributed by atoms with Gasteiger partial charge in [-0.1, -0.05) is 98.1 Å². The monoisotopic (exact) mass is 619 g/mol. The van der Waals surface area contributed by atoms with Crippen molar-refractivity contribution in [2.45, 2.75) is 63.6 Å². The molecule has 0 radical (unpaired) electrons. The number of carbonyl (C=O) groups excluding carboxylic acids is 2. The van der Waals surface area contributed by atoms with Gasteiger partial charge in [-0.15, -0.1) is 0 Å². The van der Waals surface area contributed by atoms with Gasteiger partial charge in [-0.3, -0.25) is 9.69 Å². The van der Waals surface area contributed by atoms with Crippen LogP contribution in [0.1, 0.15) is 78.0 Å². The van der Waals surface area contributed by atoms with Crippen molar-refractivity contribution in [1.29, 1.82) is 0 Å². The van der Waals surface area contributed by atoms with Gasteiger partial charge in [-0.05, 0) is 77.8 Å². The van der Waals surface area contributed by atoms with Gasteiger partial charge in [0.15, 0.2) is 6.10 Å². The highest BCUT2D eigenvalue weighted by atomic mass is 16.4. The van der Waals surface area contributed by atoms with Gasteiger partial charge in [0.1, 0.15) is 0 Å². The van der Waals surface area contributed by atoms with Crippen molar-refractivity contribution >= 4 is 23.6 Å². The smallest absolute Gasteiger partial charge is 0.334 e. The third-order valence-corrected chi connectivity index (χ3v) is 8.68. The molecule has 0 saturated heterocycles. The molecule has 0 spiro atoms. The third-order valence-electron chi connectivity index (χ3n) is 8.68. The Morgan fingerprint density at radius 2 is 1.48 bits per heavy atom. The number of carbonyl (C=O) groups is 3. The summed E-state index contributed by atoms with van der Waals surface area (Å²) in [5.74, 6) is -1.35. The maximum atomic E-state index is 14.0. The molecule has 4 N–H and O–H groups in total. The number of rotatable bonds is 11. The molecule has 0 heterocycles. The molecule has 1 fully saturated rings. The van der Waals surface area contributed by atoms with E-state index in [2.05, 4.69) is 41.0 Å². The first-order valence-corrected chi connectivity index (χ1v) is 15.9. The van der Waals surface area contributed by atoms with Gasteiger partial charge in [0, 0.05) is 11.3 Å². The lowest BCUT2D eigenvalue weighted by Gasteiger charge is -2.27. The molecule has 0 bridgehead atoms. The highest BCUT2D eigenvalue weighted by Gasteiger charge is 2.22. The summed E-state index contributed by atoms with van der Waals surface area (Å²) in [4.78, 5) is 39.1. The zero-order valence-corrected chi connectivity index (χ0v) is 26.1. The van der Waals surface area contributed by atoms with Gasteiger partial charge in [0.2, 0.25) is 0 Å². The normalized spacial score (nSPS) is 14.6. The standard InChI is InChI=1S/C38H41N3O5/c1-26(33-14-8-9-15-34(33)30-12-6-3-7-13-30)40-38(46)41(32-22-20-29(21-23-32)28-10-4-2-5-11-28)25-27-16-18-31(19-17-27)36(43)39-24-35(42)37(44)45/h3,6-9,12-23,26,28,35,42H,2,4-5,10-11,24-25H2,1H3,(H,39,43)(H,40,46)(H,44,45)/t26?,35-/m1/s1. The SMILES string of the molecule is CC(NC(=O)N(Cc1ccc(C(=O)NC[C@@H](O)C(=O)O)cc1)c1ccc(C2CCCCC2)cc1)c1ccccc1-c1ccccc1. The second-order valence-corrected chi connectivity index (χ2v) is 11.9. The van der Waals surface area contributed by atoms with Gasteiger partial charge in [-0.25, -0.2) is 9.59 Å². The number of carboxylic acid groups (broad SMARTS) is 1. The summed E-state index contributed by atoms with van der Waals surface area (Å²) >= 11 is 0. The number of nitrogens with zero attached hydrogens (tertiary/aromatic N) is 1. The maximum Gasteiger partial charge on any atom is 0.334 e. The molecule has 1 saturated carbocycles. The zero-order chi connectivity index (χ0) is 32.5. The van der Waals surface area contributed by atoms with Crippen LogP contribution < -0.4 is 15.5 Å². The highest BCUT2D eigenvalue weighted by Crippen LogP contribution is 2.34. The molecule has 0 aromatic heterocycles. The Balaban J connectivity index is 1.36. The Morgan fingerprint density at radius 3 is 2.15 bits per heavy atom. The van der Waals surface area contributed by atoms with Gasteiger partial charge in [0.25, 0.3) is 5.91 Å². The van der Waals surface area contributed by atoms with Crippen LogP contribution in [0, 0.1) is 0 Å². The van der Waals surface area contributed by atoms with E-state index < -0.39 is 24.5 Å². The molecular weight excluding hydrogens is 578 g/mol. The first kappa shape index (κ1) is 32.4. The number of amides is 3. The number of aliphatic hydroxyl groups is 1. The Morgan fingerprint density at radius 1 is 0.826 bits per heavy atom. The van der Waals surface area contributed by atoms with Crippen LogP contribution in [0.25, 0.3) is 11.1 Å². The maximum absolute atomic E-state index is 14.0.